The van der Waals surface area contributed by atoms with Gasteiger partial charge >= 0.3 is 0 Å². The molecule has 0 fully saturated rings. The van der Waals surface area contributed by atoms with Crippen molar-refractivity contribution >= 4 is 12.0 Å². The zero-order valence-corrected chi connectivity index (χ0v) is 5.50. The average molecular weight is 154 g/mol. The molecule has 5 heteroatoms. The lowest BCUT2D eigenvalue weighted by molar-refractivity contribution is 0.112. The van der Waals surface area contributed by atoms with Crippen LogP contribution in [0.5, 0.6) is 5.88 Å². The Labute approximate surface area is 61.5 Å². The van der Waals surface area contributed by atoms with Crippen LogP contribution < -0.4 is 11.3 Å². The second-order valence-electron chi connectivity index (χ2n) is 1.97. The molecule has 11 heavy (non-hydrogen) atoms. The van der Waals surface area contributed by atoms with Crippen molar-refractivity contribution in [3.8, 4) is 5.88 Å². The van der Waals surface area contributed by atoms with Crippen molar-refractivity contribution in [1.29, 1.82) is 0 Å². The van der Waals surface area contributed by atoms with Gasteiger partial charge < -0.3 is 10.8 Å². The van der Waals surface area contributed by atoms with Crippen molar-refractivity contribution in [2.75, 3.05) is 5.73 Å². The van der Waals surface area contributed by atoms with Crippen molar-refractivity contribution in [2.45, 2.75) is 0 Å². The molecule has 0 unspecified atom stereocenters. The van der Waals surface area contributed by atoms with Crippen molar-refractivity contribution in [1.82, 2.24) is 4.98 Å². The molecule has 0 atom stereocenters. The molecular formula is C6H6N2O3. The van der Waals surface area contributed by atoms with E-state index in [0.29, 0.717) is 6.29 Å². The predicted molar refractivity (Wildman–Crippen MR) is 38.5 cm³/mol. The molecule has 0 aliphatic carbocycles. The minimum absolute atomic E-state index is 0.0266. The van der Waals surface area contributed by atoms with Crippen LogP contribution in [0, 0.1) is 0 Å². The van der Waals surface area contributed by atoms with Crippen molar-refractivity contribution < 1.29 is 9.90 Å². The van der Waals surface area contributed by atoms with Crippen LogP contribution in [0.1, 0.15) is 10.4 Å². The van der Waals surface area contributed by atoms with Gasteiger partial charge in [0.05, 0.1) is 11.3 Å². The lowest BCUT2D eigenvalue weighted by Crippen LogP contribution is -2.08. The highest BCUT2D eigenvalue weighted by molar-refractivity contribution is 5.85. The van der Waals surface area contributed by atoms with E-state index in [1.807, 2.05) is 4.98 Å². The number of aromatic nitrogens is 1. The summed E-state index contributed by atoms with van der Waals surface area (Å²) < 4.78 is 0. The topological polar surface area (TPSA) is 96.2 Å². The summed E-state index contributed by atoms with van der Waals surface area (Å²) in [6.07, 6.45) is 0.376. The number of nitrogens with two attached hydrogens (primary N) is 1. The molecular weight excluding hydrogens is 148 g/mol. The summed E-state index contributed by atoms with van der Waals surface area (Å²) in [4.78, 5) is 22.8. The van der Waals surface area contributed by atoms with Gasteiger partial charge in [0.1, 0.15) is 0 Å². The van der Waals surface area contributed by atoms with Gasteiger partial charge in [0.25, 0.3) is 5.56 Å². The van der Waals surface area contributed by atoms with Crippen LogP contribution in [0.3, 0.4) is 0 Å². The third-order valence-corrected chi connectivity index (χ3v) is 1.21. The molecule has 5 nitrogen and oxygen atoms in total. The first kappa shape index (κ1) is 7.33. The van der Waals surface area contributed by atoms with E-state index in [-0.39, 0.29) is 11.3 Å². The minimum Gasteiger partial charge on any atom is -0.494 e. The molecule has 0 aromatic carbocycles. The summed E-state index contributed by atoms with van der Waals surface area (Å²) in [5, 5.41) is 8.91. The summed E-state index contributed by atoms with van der Waals surface area (Å²) in [5.41, 5.74) is 4.57. The van der Waals surface area contributed by atoms with Gasteiger partial charge in [-0.15, -0.1) is 0 Å². The van der Waals surface area contributed by atoms with E-state index in [9.17, 15) is 9.59 Å². The quantitative estimate of drug-likeness (QED) is 0.474. The third-order valence-electron chi connectivity index (χ3n) is 1.21. The molecule has 0 aliphatic heterocycles. The zero-order chi connectivity index (χ0) is 8.43. The van der Waals surface area contributed by atoms with Crippen LogP contribution in [0.4, 0.5) is 5.69 Å². The SMILES string of the molecule is Nc1cc(=O)[nH]c(O)c1C=O. The van der Waals surface area contributed by atoms with Crippen LogP contribution in [0.15, 0.2) is 10.9 Å². The van der Waals surface area contributed by atoms with E-state index in [1.54, 1.807) is 0 Å². The molecule has 0 saturated heterocycles. The van der Waals surface area contributed by atoms with Crippen molar-refractivity contribution in [3.63, 3.8) is 0 Å². The summed E-state index contributed by atoms with van der Waals surface area (Å²) in [7, 11) is 0. The molecule has 1 heterocycles. The molecule has 58 valence electrons. The first-order valence-electron chi connectivity index (χ1n) is 2.82. The predicted octanol–water partition coefficient (Wildman–Crippen LogP) is -0.525. The molecule has 0 saturated carbocycles. The van der Waals surface area contributed by atoms with Gasteiger partial charge in [-0.3, -0.25) is 14.6 Å². The van der Waals surface area contributed by atoms with Gasteiger partial charge in [0, 0.05) is 6.07 Å². The largest absolute Gasteiger partial charge is 0.494 e. The maximum absolute atomic E-state index is 10.6. The van der Waals surface area contributed by atoms with Crippen LogP contribution in [-0.2, 0) is 0 Å². The number of aldehydes is 1. The first-order valence-corrected chi connectivity index (χ1v) is 2.82. The Balaban J connectivity index is 3.48. The highest BCUT2D eigenvalue weighted by atomic mass is 16.3. The molecule has 4 N–H and O–H groups in total. The van der Waals surface area contributed by atoms with Gasteiger partial charge in [-0.05, 0) is 0 Å². The molecule has 0 aliphatic rings. The van der Waals surface area contributed by atoms with E-state index in [1.165, 1.54) is 0 Å². The van der Waals surface area contributed by atoms with Crippen LogP contribution in [0.25, 0.3) is 0 Å². The number of anilines is 1. The maximum atomic E-state index is 10.6. The third kappa shape index (κ3) is 1.21. The van der Waals surface area contributed by atoms with E-state index >= 15 is 0 Å². The van der Waals surface area contributed by atoms with E-state index < -0.39 is 11.4 Å². The Morgan fingerprint density at radius 2 is 2.27 bits per heavy atom. The fraction of sp³-hybridized carbons (Fsp3) is 0. The van der Waals surface area contributed by atoms with Gasteiger partial charge in [0.15, 0.2) is 6.29 Å². The average Bonchev–Trinajstić information content (AvgIpc) is 1.85. The van der Waals surface area contributed by atoms with E-state index in [2.05, 4.69) is 0 Å². The maximum Gasteiger partial charge on any atom is 0.252 e. The molecule has 0 amide bonds. The number of aromatic amines is 1. The second-order valence-corrected chi connectivity index (χ2v) is 1.97. The number of H-pyrrole nitrogens is 1. The lowest BCUT2D eigenvalue weighted by Gasteiger charge is -1.98. The Hall–Kier alpha value is -1.78. The monoisotopic (exact) mass is 154 g/mol. The Morgan fingerprint density at radius 3 is 2.73 bits per heavy atom. The number of carbonyl (C=O) groups excluding carboxylic acids is 1. The highest BCUT2D eigenvalue weighted by Gasteiger charge is 2.04. The smallest absolute Gasteiger partial charge is 0.252 e. The first-order chi connectivity index (χ1) is 5.15. The summed E-state index contributed by atoms with van der Waals surface area (Å²) in [5.74, 6) is -0.495. The fourth-order valence-corrected chi connectivity index (χ4v) is 0.700. The number of carbonyl (C=O) groups is 1. The number of rotatable bonds is 1. The molecule has 0 bridgehead atoms. The normalized spacial score (nSPS) is 9.45. The number of aromatic hydroxyl groups is 1. The number of pyridine rings is 1. The molecule has 0 spiro atoms. The molecule has 1 aromatic heterocycles. The zero-order valence-electron chi connectivity index (χ0n) is 5.50. The van der Waals surface area contributed by atoms with Crippen LogP contribution in [-0.4, -0.2) is 16.4 Å². The Kier molecular flexibility index (Phi) is 1.63. The molecule has 0 radical (unpaired) electrons. The number of nitrogen functional groups attached to an aromatic ring is 1. The lowest BCUT2D eigenvalue weighted by atomic mass is 10.2. The Morgan fingerprint density at radius 1 is 1.64 bits per heavy atom. The Bertz CT molecular complexity index is 316. The van der Waals surface area contributed by atoms with Crippen LogP contribution in [0.2, 0.25) is 0 Å². The van der Waals surface area contributed by atoms with Crippen molar-refractivity contribution in [3.05, 3.63) is 22.0 Å². The standard InChI is InChI=1S/C6H6N2O3/c7-4-1-5(10)8-6(11)3(4)2-9/h1-2H,(H4,7,8,10,11). The molecule has 1 aromatic rings. The summed E-state index contributed by atoms with van der Waals surface area (Å²) in [6, 6.07) is 1.03. The number of hydrogen-bond acceptors (Lipinski definition) is 4. The van der Waals surface area contributed by atoms with Gasteiger partial charge in [0.2, 0.25) is 5.88 Å². The number of nitrogens with one attached hydrogen (secondary N) is 1. The fourth-order valence-electron chi connectivity index (χ4n) is 0.700. The minimum atomic E-state index is -0.536. The van der Waals surface area contributed by atoms with E-state index in [0.717, 1.165) is 6.07 Å². The van der Waals surface area contributed by atoms with Crippen molar-refractivity contribution in [2.24, 2.45) is 0 Å². The van der Waals surface area contributed by atoms with Gasteiger partial charge in [-0.1, -0.05) is 0 Å². The highest BCUT2D eigenvalue weighted by Crippen LogP contribution is 2.14. The molecule has 1 rings (SSSR count). The number of hydrogen-bond donors (Lipinski definition) is 3. The summed E-state index contributed by atoms with van der Waals surface area (Å²) >= 11 is 0. The van der Waals surface area contributed by atoms with E-state index in [4.69, 9.17) is 10.8 Å². The second kappa shape index (κ2) is 2.45. The van der Waals surface area contributed by atoms with Gasteiger partial charge in [-0.25, -0.2) is 0 Å². The van der Waals surface area contributed by atoms with Gasteiger partial charge in [-0.2, -0.15) is 0 Å². The van der Waals surface area contributed by atoms with Crippen LogP contribution >= 0.6 is 0 Å². The summed E-state index contributed by atoms with van der Waals surface area (Å²) in [6.45, 7) is 0.